The predicted molar refractivity (Wildman–Crippen MR) is 188 cm³/mol. The Bertz CT molecular complexity index is 1840. The highest BCUT2D eigenvalue weighted by molar-refractivity contribution is 6.01. The van der Waals surface area contributed by atoms with Gasteiger partial charge in [0, 0.05) is 13.5 Å². The van der Waals surface area contributed by atoms with Crippen molar-refractivity contribution in [1.29, 1.82) is 0 Å². The lowest BCUT2D eigenvalue weighted by atomic mass is 10.0. The third-order valence-corrected chi connectivity index (χ3v) is 8.17. The summed E-state index contributed by atoms with van der Waals surface area (Å²) in [6.07, 6.45) is -0.263. The fraction of sp³-hybridized carbons (Fsp3) is 0.282. The normalized spacial score (nSPS) is 17.5. The highest BCUT2D eigenvalue weighted by Crippen LogP contribution is 2.34. The minimum atomic E-state index is -1.35. The van der Waals surface area contributed by atoms with Crippen LogP contribution in [0.4, 0.5) is 4.39 Å². The lowest BCUT2D eigenvalue weighted by Crippen LogP contribution is -2.54. The lowest BCUT2D eigenvalue weighted by molar-refractivity contribution is -0.136. The number of para-hydroxylation sites is 2. The molecule has 5 rings (SSSR count). The maximum Gasteiger partial charge on any atom is 0.255 e. The van der Waals surface area contributed by atoms with Crippen molar-refractivity contribution < 1.29 is 37.8 Å². The molecule has 0 aromatic heterocycles. The number of hydrogen-bond donors (Lipinski definition) is 3. The van der Waals surface area contributed by atoms with Crippen molar-refractivity contribution in [1.82, 2.24) is 20.9 Å². The Morgan fingerprint density at radius 1 is 0.961 bits per heavy atom. The maximum atomic E-state index is 14.9. The molecule has 0 unspecified atom stereocenters. The molecule has 0 saturated carbocycles. The molecule has 51 heavy (non-hydrogen) atoms. The third-order valence-electron chi connectivity index (χ3n) is 8.17. The zero-order valence-electron chi connectivity index (χ0n) is 28.7. The Kier molecular flexibility index (Phi) is 12.2. The number of ether oxygens (including phenoxy) is 3. The number of halogens is 1. The molecule has 1 aliphatic heterocycles. The summed E-state index contributed by atoms with van der Waals surface area (Å²) < 4.78 is 32.5. The first-order chi connectivity index (χ1) is 24.6. The van der Waals surface area contributed by atoms with Gasteiger partial charge in [-0.15, -0.1) is 0 Å². The van der Waals surface area contributed by atoms with E-state index in [2.05, 4.69) is 16.0 Å². The Morgan fingerprint density at radius 3 is 2.45 bits per heavy atom. The fourth-order valence-electron chi connectivity index (χ4n) is 5.42. The van der Waals surface area contributed by atoms with E-state index in [1.807, 2.05) is 49.4 Å². The van der Waals surface area contributed by atoms with Gasteiger partial charge in [-0.25, -0.2) is 4.39 Å². The molecule has 0 saturated heterocycles. The smallest absolute Gasteiger partial charge is 0.255 e. The summed E-state index contributed by atoms with van der Waals surface area (Å²) >= 11 is 0. The molecule has 1 heterocycles. The number of carbonyl (C=O) groups is 4. The van der Waals surface area contributed by atoms with Crippen LogP contribution in [0.25, 0.3) is 0 Å². The van der Waals surface area contributed by atoms with E-state index in [0.717, 1.165) is 11.1 Å². The van der Waals surface area contributed by atoms with Crippen LogP contribution in [0.5, 0.6) is 23.0 Å². The van der Waals surface area contributed by atoms with Crippen molar-refractivity contribution in [2.45, 2.75) is 44.8 Å². The Hall–Kier alpha value is -5.91. The molecular weight excluding hydrogens is 655 g/mol. The summed E-state index contributed by atoms with van der Waals surface area (Å²) in [7, 11) is 1.61. The van der Waals surface area contributed by atoms with Crippen LogP contribution in [0.2, 0.25) is 0 Å². The zero-order valence-corrected chi connectivity index (χ0v) is 28.7. The quantitative estimate of drug-likeness (QED) is 0.233. The molecule has 11 nitrogen and oxygen atoms in total. The number of fused-ring (bicyclic) bond motifs is 1. The molecule has 4 aromatic rings. The molecule has 1 aliphatic rings. The molecule has 4 amide bonds. The topological polar surface area (TPSA) is 135 Å². The van der Waals surface area contributed by atoms with E-state index in [9.17, 15) is 23.6 Å². The van der Waals surface area contributed by atoms with E-state index < -0.39 is 48.1 Å². The number of amides is 4. The van der Waals surface area contributed by atoms with Gasteiger partial charge < -0.3 is 35.1 Å². The van der Waals surface area contributed by atoms with Crippen LogP contribution in [0, 0.1) is 12.7 Å². The first kappa shape index (κ1) is 36.4. The van der Waals surface area contributed by atoms with E-state index in [4.69, 9.17) is 14.2 Å². The van der Waals surface area contributed by atoms with Gasteiger partial charge in [0.1, 0.15) is 36.8 Å². The molecule has 3 atom stereocenters. The van der Waals surface area contributed by atoms with Gasteiger partial charge in [0.15, 0.2) is 17.3 Å². The van der Waals surface area contributed by atoms with Crippen LogP contribution in [0.3, 0.4) is 0 Å². The van der Waals surface area contributed by atoms with E-state index in [-0.39, 0.29) is 54.9 Å². The minimum absolute atomic E-state index is 0.0831. The highest BCUT2D eigenvalue weighted by Gasteiger charge is 2.31. The van der Waals surface area contributed by atoms with Gasteiger partial charge in [0.25, 0.3) is 5.91 Å². The van der Waals surface area contributed by atoms with Crippen LogP contribution in [0.1, 0.15) is 34.8 Å². The maximum absolute atomic E-state index is 14.9. The van der Waals surface area contributed by atoms with Crippen LogP contribution >= 0.6 is 0 Å². The van der Waals surface area contributed by atoms with Crippen molar-refractivity contribution in [2.24, 2.45) is 0 Å². The number of rotatable bonds is 9. The number of benzene rings is 4. The largest absolute Gasteiger partial charge is 0.491 e. The van der Waals surface area contributed by atoms with E-state index >= 15 is 0 Å². The number of hydrogen-bond acceptors (Lipinski definition) is 7. The summed E-state index contributed by atoms with van der Waals surface area (Å²) in [4.78, 5) is 55.7. The van der Waals surface area contributed by atoms with Crippen LogP contribution in [-0.4, -0.2) is 73.5 Å². The van der Waals surface area contributed by atoms with E-state index in [1.54, 1.807) is 50.4 Å². The average molecular weight is 697 g/mol. The van der Waals surface area contributed by atoms with Gasteiger partial charge in [-0.3, -0.25) is 19.2 Å². The Balaban J connectivity index is 1.32. The van der Waals surface area contributed by atoms with E-state index in [0.29, 0.717) is 5.75 Å². The first-order valence-electron chi connectivity index (χ1n) is 16.6. The number of carbonyl (C=O) groups excluding carboxylic acids is 4. The summed E-state index contributed by atoms with van der Waals surface area (Å²) in [5.41, 5.74) is 2.02. The first-order valence-corrected chi connectivity index (χ1v) is 16.6. The standard InChI is InChI=1S/C39H41FN4O7/c1-25-16-18-28(19-17-25)51-34-15-9-13-30(40)36(34)50-24-26(2)41-38(47)31-23-35(45)42-32(22-27-10-5-4-6-11-27)39(48)44(3)20-21-49-33-14-8-7-12-29(33)37(46)43-31/h4-19,26,31-32H,20-24H2,1-3H3,(H,41,47)(H,42,45)(H,43,46)/t26-,31+,32-/m1/s1. The molecule has 266 valence electrons. The number of aryl methyl sites for hydroxylation is 1. The van der Waals surface area contributed by atoms with Gasteiger partial charge >= 0.3 is 0 Å². The summed E-state index contributed by atoms with van der Waals surface area (Å²) in [5, 5.41) is 8.19. The average Bonchev–Trinajstić information content (AvgIpc) is 3.11. The van der Waals surface area contributed by atoms with Gasteiger partial charge in [-0.1, -0.05) is 66.2 Å². The molecule has 4 aromatic carbocycles. The van der Waals surface area contributed by atoms with Crippen LogP contribution in [0.15, 0.2) is 97.1 Å². The van der Waals surface area contributed by atoms with Crippen molar-refractivity contribution >= 4 is 23.6 Å². The van der Waals surface area contributed by atoms with Crippen molar-refractivity contribution in [3.05, 3.63) is 120 Å². The molecule has 3 N–H and O–H groups in total. The lowest BCUT2D eigenvalue weighted by Gasteiger charge is -2.27. The van der Waals surface area contributed by atoms with Crippen molar-refractivity contribution in [3.8, 4) is 23.0 Å². The Morgan fingerprint density at radius 2 is 1.69 bits per heavy atom. The second-order valence-electron chi connectivity index (χ2n) is 12.3. The number of nitrogens with one attached hydrogen (secondary N) is 3. The second kappa shape index (κ2) is 17.1. The zero-order chi connectivity index (χ0) is 36.3. The molecule has 0 bridgehead atoms. The summed E-state index contributed by atoms with van der Waals surface area (Å²) in [6, 6.07) is 24.3. The molecule has 0 aliphatic carbocycles. The van der Waals surface area contributed by atoms with Gasteiger partial charge in [0.05, 0.1) is 24.6 Å². The molecule has 0 radical (unpaired) electrons. The minimum Gasteiger partial charge on any atom is -0.491 e. The molecular formula is C39H41FN4O7. The monoisotopic (exact) mass is 696 g/mol. The molecule has 12 heteroatoms. The summed E-state index contributed by atoms with van der Waals surface area (Å²) in [6.45, 7) is 3.69. The highest BCUT2D eigenvalue weighted by atomic mass is 19.1. The van der Waals surface area contributed by atoms with Gasteiger partial charge in [-0.05, 0) is 55.8 Å². The van der Waals surface area contributed by atoms with E-state index in [1.165, 1.54) is 23.1 Å². The second-order valence-corrected chi connectivity index (χ2v) is 12.3. The van der Waals surface area contributed by atoms with Crippen molar-refractivity contribution in [2.75, 3.05) is 26.8 Å². The number of likely N-dealkylation sites (N-methyl/N-ethyl adjacent to an activating group) is 1. The van der Waals surface area contributed by atoms with Gasteiger partial charge in [0.2, 0.25) is 17.7 Å². The van der Waals surface area contributed by atoms with Crippen LogP contribution in [-0.2, 0) is 20.8 Å². The SMILES string of the molecule is Cc1ccc(Oc2cccc(F)c2OC[C@@H](C)NC(=O)[C@@H]2CC(=O)N[C@H](Cc3ccccc3)C(=O)N(C)CCOc3ccccc3C(=O)N2)cc1. The van der Waals surface area contributed by atoms with Crippen molar-refractivity contribution in [3.63, 3.8) is 0 Å². The predicted octanol–water partition coefficient (Wildman–Crippen LogP) is 4.58. The third kappa shape index (κ3) is 10.1. The Labute approximate surface area is 296 Å². The number of nitrogens with zero attached hydrogens (tertiary/aromatic N) is 1. The summed E-state index contributed by atoms with van der Waals surface area (Å²) in [5.74, 6) is -2.16. The molecule has 0 spiro atoms. The van der Waals surface area contributed by atoms with Crippen LogP contribution < -0.4 is 30.2 Å². The molecule has 0 fully saturated rings. The van der Waals surface area contributed by atoms with Gasteiger partial charge in [-0.2, -0.15) is 0 Å². The fourth-order valence-corrected chi connectivity index (χ4v) is 5.42.